The van der Waals surface area contributed by atoms with E-state index in [1.807, 2.05) is 0 Å². The Morgan fingerprint density at radius 1 is 1.53 bits per heavy atom. The molecular weight excluding hydrogens is 273 g/mol. The van der Waals surface area contributed by atoms with Crippen molar-refractivity contribution in [2.45, 2.75) is 10.6 Å². The summed E-state index contributed by atoms with van der Waals surface area (Å²) >= 11 is 0. The standard InChI is InChI=1S/C11H10FN3O3S/c1-15-5-8(13-14-15)6-19(18)10-4-7(11(16)17)2-3-9(10)12/h2-5H,6H2,1H3,(H,16,17). The van der Waals surface area contributed by atoms with Crippen molar-refractivity contribution in [3.63, 3.8) is 0 Å². The lowest BCUT2D eigenvalue weighted by molar-refractivity contribution is 0.0696. The third kappa shape index (κ3) is 3.02. The van der Waals surface area contributed by atoms with Crippen molar-refractivity contribution >= 4 is 16.8 Å². The van der Waals surface area contributed by atoms with E-state index in [4.69, 9.17) is 5.11 Å². The number of carboxylic acids is 1. The number of nitrogens with zero attached hydrogens (tertiary/aromatic N) is 3. The van der Waals surface area contributed by atoms with Crippen molar-refractivity contribution in [3.8, 4) is 0 Å². The van der Waals surface area contributed by atoms with Crippen molar-refractivity contribution < 1.29 is 18.5 Å². The van der Waals surface area contributed by atoms with E-state index in [0.29, 0.717) is 5.69 Å². The summed E-state index contributed by atoms with van der Waals surface area (Å²) in [7, 11) is -0.0558. The Morgan fingerprint density at radius 3 is 2.84 bits per heavy atom. The highest BCUT2D eigenvalue weighted by Crippen LogP contribution is 2.17. The Morgan fingerprint density at radius 2 is 2.26 bits per heavy atom. The van der Waals surface area contributed by atoms with Crippen LogP contribution in [0.3, 0.4) is 0 Å². The summed E-state index contributed by atoms with van der Waals surface area (Å²) < 4.78 is 27.0. The number of aromatic nitrogens is 3. The monoisotopic (exact) mass is 283 g/mol. The Labute approximate surface area is 110 Å². The zero-order chi connectivity index (χ0) is 14.0. The second-order valence-electron chi connectivity index (χ2n) is 3.82. The van der Waals surface area contributed by atoms with E-state index in [9.17, 15) is 13.4 Å². The minimum atomic E-state index is -1.71. The summed E-state index contributed by atoms with van der Waals surface area (Å²) in [6.45, 7) is 0. The van der Waals surface area contributed by atoms with Gasteiger partial charge in [-0.15, -0.1) is 5.10 Å². The van der Waals surface area contributed by atoms with Gasteiger partial charge < -0.3 is 5.11 Å². The van der Waals surface area contributed by atoms with E-state index < -0.39 is 22.6 Å². The lowest BCUT2D eigenvalue weighted by Gasteiger charge is -2.03. The topological polar surface area (TPSA) is 85.1 Å². The van der Waals surface area contributed by atoms with Gasteiger partial charge in [-0.2, -0.15) is 0 Å². The van der Waals surface area contributed by atoms with Gasteiger partial charge in [-0.25, -0.2) is 9.18 Å². The minimum Gasteiger partial charge on any atom is -0.478 e. The molecule has 6 nitrogen and oxygen atoms in total. The summed E-state index contributed by atoms with van der Waals surface area (Å²) in [5.74, 6) is -1.92. The molecule has 1 N–H and O–H groups in total. The molecule has 0 bridgehead atoms. The highest BCUT2D eigenvalue weighted by atomic mass is 32.2. The van der Waals surface area contributed by atoms with Gasteiger partial charge in [-0.3, -0.25) is 8.89 Å². The number of halogens is 1. The van der Waals surface area contributed by atoms with Crippen LogP contribution in [0.1, 0.15) is 16.1 Å². The molecule has 0 saturated heterocycles. The number of benzene rings is 1. The molecule has 1 unspecified atom stereocenters. The average molecular weight is 283 g/mol. The van der Waals surface area contributed by atoms with Crippen molar-refractivity contribution in [1.29, 1.82) is 0 Å². The first-order chi connectivity index (χ1) is 8.97. The van der Waals surface area contributed by atoms with Crippen LogP contribution in [0, 0.1) is 5.82 Å². The third-order valence-corrected chi connectivity index (χ3v) is 3.71. The van der Waals surface area contributed by atoms with Gasteiger partial charge in [-0.05, 0) is 18.2 Å². The van der Waals surface area contributed by atoms with Gasteiger partial charge in [0, 0.05) is 13.2 Å². The van der Waals surface area contributed by atoms with Crippen molar-refractivity contribution in [2.24, 2.45) is 7.05 Å². The second kappa shape index (κ2) is 5.27. The molecule has 0 spiro atoms. The quantitative estimate of drug-likeness (QED) is 0.903. The van der Waals surface area contributed by atoms with Gasteiger partial charge in [0.1, 0.15) is 5.82 Å². The lowest BCUT2D eigenvalue weighted by atomic mass is 10.2. The molecule has 2 aromatic rings. The average Bonchev–Trinajstić information content (AvgIpc) is 2.74. The van der Waals surface area contributed by atoms with Crippen LogP contribution >= 0.6 is 0 Å². The normalized spacial score (nSPS) is 12.3. The summed E-state index contributed by atoms with van der Waals surface area (Å²) in [4.78, 5) is 10.7. The van der Waals surface area contributed by atoms with E-state index in [0.717, 1.165) is 18.2 Å². The molecule has 1 heterocycles. The van der Waals surface area contributed by atoms with Crippen LogP contribution in [0.15, 0.2) is 29.3 Å². The molecule has 0 amide bonds. The fourth-order valence-corrected chi connectivity index (χ4v) is 2.58. The van der Waals surface area contributed by atoms with E-state index in [-0.39, 0.29) is 16.2 Å². The third-order valence-electron chi connectivity index (χ3n) is 2.35. The number of carboxylic acid groups (broad SMARTS) is 1. The first-order valence-electron chi connectivity index (χ1n) is 5.24. The van der Waals surface area contributed by atoms with Gasteiger partial charge in [0.25, 0.3) is 0 Å². The van der Waals surface area contributed by atoms with Crippen molar-refractivity contribution in [2.75, 3.05) is 0 Å². The molecule has 0 fully saturated rings. The van der Waals surface area contributed by atoms with Crippen LogP contribution in [0.5, 0.6) is 0 Å². The maximum atomic E-state index is 13.6. The largest absolute Gasteiger partial charge is 0.478 e. The summed E-state index contributed by atoms with van der Waals surface area (Å²) in [5, 5.41) is 16.3. The molecule has 0 aliphatic heterocycles. The van der Waals surface area contributed by atoms with Crippen LogP contribution < -0.4 is 0 Å². The molecule has 1 aromatic heterocycles. The van der Waals surface area contributed by atoms with E-state index >= 15 is 0 Å². The molecule has 0 saturated carbocycles. The number of rotatable bonds is 4. The summed E-state index contributed by atoms with van der Waals surface area (Å²) in [5.41, 5.74) is 0.338. The molecule has 0 aliphatic rings. The first kappa shape index (κ1) is 13.3. The van der Waals surface area contributed by atoms with Gasteiger partial charge >= 0.3 is 5.97 Å². The molecule has 0 aliphatic carbocycles. The predicted molar refractivity (Wildman–Crippen MR) is 64.5 cm³/mol. The Kier molecular flexibility index (Phi) is 3.70. The highest BCUT2D eigenvalue weighted by Gasteiger charge is 2.15. The molecule has 1 atom stereocenters. The molecule has 100 valence electrons. The van der Waals surface area contributed by atoms with Gasteiger partial charge in [0.2, 0.25) is 0 Å². The van der Waals surface area contributed by atoms with Crippen LogP contribution in [0.4, 0.5) is 4.39 Å². The fraction of sp³-hybridized carbons (Fsp3) is 0.182. The van der Waals surface area contributed by atoms with Gasteiger partial charge in [0.05, 0.1) is 32.7 Å². The lowest BCUT2D eigenvalue weighted by Crippen LogP contribution is -2.03. The maximum absolute atomic E-state index is 13.6. The number of hydrogen-bond acceptors (Lipinski definition) is 4. The van der Waals surface area contributed by atoms with Crippen LogP contribution in [0.25, 0.3) is 0 Å². The number of hydrogen-bond donors (Lipinski definition) is 1. The fourth-order valence-electron chi connectivity index (χ4n) is 1.48. The Balaban J connectivity index is 2.27. The maximum Gasteiger partial charge on any atom is 0.335 e. The second-order valence-corrected chi connectivity index (χ2v) is 5.24. The zero-order valence-corrected chi connectivity index (χ0v) is 10.7. The summed E-state index contributed by atoms with van der Waals surface area (Å²) in [6.07, 6.45) is 1.57. The molecule has 0 radical (unpaired) electrons. The van der Waals surface area contributed by atoms with Gasteiger partial charge in [-0.1, -0.05) is 5.21 Å². The van der Waals surface area contributed by atoms with E-state index in [1.54, 1.807) is 13.2 Å². The summed E-state index contributed by atoms with van der Waals surface area (Å²) in [6, 6.07) is 3.19. The zero-order valence-electron chi connectivity index (χ0n) is 9.91. The van der Waals surface area contributed by atoms with Crippen LogP contribution in [0.2, 0.25) is 0 Å². The van der Waals surface area contributed by atoms with Crippen molar-refractivity contribution in [3.05, 3.63) is 41.5 Å². The van der Waals surface area contributed by atoms with Gasteiger partial charge in [0.15, 0.2) is 0 Å². The van der Waals surface area contributed by atoms with Crippen molar-refractivity contribution in [1.82, 2.24) is 15.0 Å². The minimum absolute atomic E-state index is 0.0200. The predicted octanol–water partition coefficient (Wildman–Crippen LogP) is 0.960. The SMILES string of the molecule is Cn1cc(CS(=O)c2cc(C(=O)O)ccc2F)nn1. The van der Waals surface area contributed by atoms with Crippen LogP contribution in [-0.2, 0) is 23.6 Å². The molecule has 1 aromatic carbocycles. The number of aryl methyl sites for hydroxylation is 1. The number of carbonyl (C=O) groups is 1. The smallest absolute Gasteiger partial charge is 0.335 e. The highest BCUT2D eigenvalue weighted by molar-refractivity contribution is 7.84. The van der Waals surface area contributed by atoms with E-state index in [1.165, 1.54) is 4.68 Å². The molecule has 8 heteroatoms. The number of aromatic carboxylic acids is 1. The molecule has 19 heavy (non-hydrogen) atoms. The molecule has 2 rings (SSSR count). The Bertz CT molecular complexity index is 656. The van der Waals surface area contributed by atoms with E-state index in [2.05, 4.69) is 10.3 Å². The van der Waals surface area contributed by atoms with Crippen LogP contribution in [-0.4, -0.2) is 30.3 Å². The first-order valence-corrected chi connectivity index (χ1v) is 6.55. The Hall–Kier alpha value is -2.09. The molecular formula is C11H10FN3O3S.